The molecule has 0 atom stereocenters. The molecule has 12 heavy (non-hydrogen) atoms. The number of rotatable bonds is 1. The van der Waals surface area contributed by atoms with E-state index < -0.39 is 5.82 Å². The number of Topliss-reactive ketones (excluding diaryl/α,β-unsaturated/α-hetero) is 1. The van der Waals surface area contributed by atoms with Crippen LogP contribution in [0.1, 0.15) is 17.3 Å². The monoisotopic (exact) mass is 294 g/mol. The standard InChI is InChI=1S/C8H5Br2FO/c1-4(12)5-2-6(9)7(10)3-8(5)11/h2-3H,1H3. The minimum Gasteiger partial charge on any atom is -0.294 e. The summed E-state index contributed by atoms with van der Waals surface area (Å²) in [6.07, 6.45) is 0. The molecule has 0 bridgehead atoms. The van der Waals surface area contributed by atoms with Gasteiger partial charge in [-0.05, 0) is 50.9 Å². The lowest BCUT2D eigenvalue weighted by Gasteiger charge is -2.01. The van der Waals surface area contributed by atoms with Crippen LogP contribution in [0.25, 0.3) is 0 Å². The van der Waals surface area contributed by atoms with E-state index in [0.717, 1.165) is 0 Å². The maximum absolute atomic E-state index is 13.0. The minimum atomic E-state index is -0.502. The van der Waals surface area contributed by atoms with E-state index in [4.69, 9.17) is 0 Å². The number of hydrogen-bond acceptors (Lipinski definition) is 1. The summed E-state index contributed by atoms with van der Waals surface area (Å²) in [6, 6.07) is 2.72. The molecule has 0 unspecified atom stereocenters. The highest BCUT2D eigenvalue weighted by Gasteiger charge is 2.09. The van der Waals surface area contributed by atoms with Crippen molar-refractivity contribution < 1.29 is 9.18 Å². The molecule has 1 nitrogen and oxygen atoms in total. The zero-order chi connectivity index (χ0) is 9.30. The van der Waals surface area contributed by atoms with Gasteiger partial charge in [-0.15, -0.1) is 0 Å². The second-order valence-electron chi connectivity index (χ2n) is 2.30. The molecule has 0 aliphatic heterocycles. The van der Waals surface area contributed by atoms with Crippen molar-refractivity contribution >= 4 is 37.6 Å². The van der Waals surface area contributed by atoms with Gasteiger partial charge in [-0.1, -0.05) is 0 Å². The maximum atomic E-state index is 13.0. The summed E-state index contributed by atoms with van der Waals surface area (Å²) in [5.41, 5.74) is 0.102. The van der Waals surface area contributed by atoms with E-state index in [2.05, 4.69) is 31.9 Å². The van der Waals surface area contributed by atoms with Crippen molar-refractivity contribution in [1.82, 2.24) is 0 Å². The van der Waals surface area contributed by atoms with E-state index in [9.17, 15) is 9.18 Å². The topological polar surface area (TPSA) is 17.1 Å². The minimum absolute atomic E-state index is 0.102. The highest BCUT2D eigenvalue weighted by Crippen LogP contribution is 2.26. The van der Waals surface area contributed by atoms with Crippen LogP contribution in [-0.4, -0.2) is 5.78 Å². The fourth-order valence-corrected chi connectivity index (χ4v) is 1.45. The Kier molecular flexibility index (Phi) is 3.01. The van der Waals surface area contributed by atoms with Crippen LogP contribution in [0, 0.1) is 5.82 Å². The molecular formula is C8H5Br2FO. The van der Waals surface area contributed by atoms with Gasteiger partial charge in [-0.2, -0.15) is 0 Å². The first-order valence-corrected chi connectivity index (χ1v) is 4.76. The van der Waals surface area contributed by atoms with Crippen molar-refractivity contribution in [2.75, 3.05) is 0 Å². The molecule has 0 N–H and O–H groups in total. The molecule has 0 saturated heterocycles. The summed E-state index contributed by atoms with van der Waals surface area (Å²) in [6.45, 7) is 1.33. The van der Waals surface area contributed by atoms with Gasteiger partial charge in [0, 0.05) is 8.95 Å². The van der Waals surface area contributed by atoms with Crippen LogP contribution in [0.15, 0.2) is 21.1 Å². The molecule has 0 spiro atoms. The maximum Gasteiger partial charge on any atom is 0.162 e. The fraction of sp³-hybridized carbons (Fsp3) is 0.125. The van der Waals surface area contributed by atoms with E-state index in [0.29, 0.717) is 8.95 Å². The van der Waals surface area contributed by atoms with Gasteiger partial charge in [-0.25, -0.2) is 4.39 Å². The summed E-state index contributed by atoms with van der Waals surface area (Å²) < 4.78 is 14.3. The second kappa shape index (κ2) is 3.66. The lowest BCUT2D eigenvalue weighted by molar-refractivity contribution is 0.101. The van der Waals surface area contributed by atoms with Gasteiger partial charge in [0.05, 0.1) is 5.56 Å². The van der Waals surface area contributed by atoms with Crippen molar-refractivity contribution in [2.24, 2.45) is 0 Å². The zero-order valence-electron chi connectivity index (χ0n) is 6.20. The van der Waals surface area contributed by atoms with Crippen molar-refractivity contribution in [3.05, 3.63) is 32.5 Å². The van der Waals surface area contributed by atoms with Gasteiger partial charge in [-0.3, -0.25) is 4.79 Å². The first kappa shape index (κ1) is 9.86. The average Bonchev–Trinajstić information content (AvgIpc) is 1.96. The van der Waals surface area contributed by atoms with E-state index in [1.165, 1.54) is 19.1 Å². The summed E-state index contributed by atoms with van der Waals surface area (Å²) >= 11 is 6.31. The third kappa shape index (κ3) is 1.93. The normalized spacial score (nSPS) is 10.0. The summed E-state index contributed by atoms with van der Waals surface area (Å²) in [5.74, 6) is -0.779. The molecule has 0 saturated carbocycles. The van der Waals surface area contributed by atoms with Crippen molar-refractivity contribution in [2.45, 2.75) is 6.92 Å². The van der Waals surface area contributed by atoms with E-state index in [1.54, 1.807) is 0 Å². The third-order valence-electron chi connectivity index (χ3n) is 1.39. The molecule has 0 heterocycles. The molecule has 0 radical (unpaired) electrons. The van der Waals surface area contributed by atoms with Crippen LogP contribution >= 0.6 is 31.9 Å². The Morgan fingerprint density at radius 3 is 2.33 bits per heavy atom. The number of benzene rings is 1. The van der Waals surface area contributed by atoms with Gasteiger partial charge in [0.2, 0.25) is 0 Å². The SMILES string of the molecule is CC(=O)c1cc(Br)c(Br)cc1F. The lowest BCUT2D eigenvalue weighted by atomic mass is 10.1. The molecular weight excluding hydrogens is 291 g/mol. The number of hydrogen-bond donors (Lipinski definition) is 0. The highest BCUT2D eigenvalue weighted by atomic mass is 79.9. The second-order valence-corrected chi connectivity index (χ2v) is 4.01. The van der Waals surface area contributed by atoms with Gasteiger partial charge < -0.3 is 0 Å². The Morgan fingerprint density at radius 1 is 1.33 bits per heavy atom. The molecule has 1 rings (SSSR count). The number of ketones is 1. The molecule has 4 heteroatoms. The van der Waals surface area contributed by atoms with Gasteiger partial charge in [0.1, 0.15) is 5.82 Å². The highest BCUT2D eigenvalue weighted by molar-refractivity contribution is 9.13. The number of halogens is 3. The molecule has 64 valence electrons. The van der Waals surface area contributed by atoms with Crippen molar-refractivity contribution in [1.29, 1.82) is 0 Å². The van der Waals surface area contributed by atoms with E-state index >= 15 is 0 Å². The van der Waals surface area contributed by atoms with E-state index in [1.807, 2.05) is 0 Å². The Balaban J connectivity index is 3.33. The van der Waals surface area contributed by atoms with Crippen LogP contribution in [0.4, 0.5) is 4.39 Å². The van der Waals surface area contributed by atoms with Crippen LogP contribution in [-0.2, 0) is 0 Å². The predicted octanol–water partition coefficient (Wildman–Crippen LogP) is 3.55. The average molecular weight is 296 g/mol. The Labute approximate surface area is 86.2 Å². The molecule has 1 aromatic rings. The largest absolute Gasteiger partial charge is 0.294 e. The molecule has 0 aliphatic carbocycles. The molecule has 0 amide bonds. The number of carbonyl (C=O) groups is 1. The van der Waals surface area contributed by atoms with Crippen LogP contribution < -0.4 is 0 Å². The van der Waals surface area contributed by atoms with Crippen molar-refractivity contribution in [3.8, 4) is 0 Å². The van der Waals surface area contributed by atoms with Gasteiger partial charge in [0.25, 0.3) is 0 Å². The van der Waals surface area contributed by atoms with Gasteiger partial charge >= 0.3 is 0 Å². The summed E-state index contributed by atoms with van der Waals surface area (Å²) in [7, 11) is 0. The zero-order valence-corrected chi connectivity index (χ0v) is 9.37. The van der Waals surface area contributed by atoms with Gasteiger partial charge in [0.15, 0.2) is 5.78 Å². The van der Waals surface area contributed by atoms with Crippen LogP contribution in [0.3, 0.4) is 0 Å². The molecule has 0 aromatic heterocycles. The Morgan fingerprint density at radius 2 is 1.83 bits per heavy atom. The Bertz CT molecular complexity index is 336. The first-order valence-electron chi connectivity index (χ1n) is 3.18. The molecule has 0 aliphatic rings. The summed E-state index contributed by atoms with van der Waals surface area (Å²) in [5, 5.41) is 0. The van der Waals surface area contributed by atoms with Crippen LogP contribution in [0.5, 0.6) is 0 Å². The number of carbonyl (C=O) groups excluding carboxylic acids is 1. The smallest absolute Gasteiger partial charge is 0.162 e. The third-order valence-corrected chi connectivity index (χ3v) is 3.23. The van der Waals surface area contributed by atoms with Crippen LogP contribution in [0.2, 0.25) is 0 Å². The molecule has 0 fully saturated rings. The molecule has 1 aromatic carbocycles. The summed E-state index contributed by atoms with van der Waals surface area (Å²) in [4.78, 5) is 10.9. The fourth-order valence-electron chi connectivity index (χ4n) is 0.792. The van der Waals surface area contributed by atoms with E-state index in [-0.39, 0.29) is 11.3 Å². The van der Waals surface area contributed by atoms with Crippen molar-refractivity contribution in [3.63, 3.8) is 0 Å². The predicted molar refractivity (Wildman–Crippen MR) is 51.8 cm³/mol. The lowest BCUT2D eigenvalue weighted by Crippen LogP contribution is -1.96. The first-order chi connectivity index (χ1) is 5.52. The quantitative estimate of drug-likeness (QED) is 0.572. The Hall–Kier alpha value is -0.220.